The molecule has 0 spiro atoms. The van der Waals surface area contributed by atoms with Crippen LogP contribution in [0.3, 0.4) is 0 Å². The first kappa shape index (κ1) is 15.7. The number of aromatic carboxylic acids is 1. The Morgan fingerprint density at radius 1 is 1.17 bits per heavy atom. The van der Waals surface area contributed by atoms with Gasteiger partial charge in [-0.2, -0.15) is 0 Å². The van der Waals surface area contributed by atoms with Crippen molar-refractivity contribution >= 4 is 23.1 Å². The van der Waals surface area contributed by atoms with Gasteiger partial charge in [-0.15, -0.1) is 10.2 Å². The average molecular weight is 324 g/mol. The Morgan fingerprint density at radius 2 is 1.92 bits per heavy atom. The highest BCUT2D eigenvalue weighted by molar-refractivity contribution is 5.91. The largest absolute Gasteiger partial charge is 0.494 e. The maximum atomic E-state index is 11.5. The molecule has 0 saturated carbocycles. The van der Waals surface area contributed by atoms with E-state index in [2.05, 4.69) is 15.2 Å². The number of fused-ring (bicyclic) bond motifs is 1. The number of ether oxygens (including phenoxy) is 1. The van der Waals surface area contributed by atoms with E-state index < -0.39 is 5.97 Å². The lowest BCUT2D eigenvalue weighted by molar-refractivity contribution is 0.0692. The van der Waals surface area contributed by atoms with Crippen LogP contribution in [0.4, 0.5) is 11.5 Å². The zero-order valence-corrected chi connectivity index (χ0v) is 13.5. The Balaban J connectivity index is 2.15. The van der Waals surface area contributed by atoms with E-state index in [0.29, 0.717) is 17.1 Å². The van der Waals surface area contributed by atoms with Crippen molar-refractivity contribution in [3.8, 4) is 5.75 Å². The Morgan fingerprint density at radius 3 is 2.62 bits per heavy atom. The van der Waals surface area contributed by atoms with Gasteiger partial charge in [-0.05, 0) is 43.2 Å². The van der Waals surface area contributed by atoms with Gasteiger partial charge in [0.2, 0.25) is 0 Å². The van der Waals surface area contributed by atoms with Crippen LogP contribution >= 0.6 is 0 Å². The summed E-state index contributed by atoms with van der Waals surface area (Å²) in [6.45, 7) is 3.84. The quantitative estimate of drug-likeness (QED) is 0.732. The lowest BCUT2D eigenvalue weighted by Crippen LogP contribution is -1.96. The Hall–Kier alpha value is -3.22. The number of carboxylic acid groups (broad SMARTS) is 1. The Bertz CT molecular complexity index is 960. The molecule has 0 bridgehead atoms. The second kappa shape index (κ2) is 6.11. The molecule has 1 aromatic carbocycles. The fourth-order valence-electron chi connectivity index (χ4n) is 2.36. The topological polar surface area (TPSA) is 88.5 Å². The number of hydrogen-bond acceptors (Lipinski definition) is 5. The van der Waals surface area contributed by atoms with Gasteiger partial charge in [0.25, 0.3) is 0 Å². The first-order valence-corrected chi connectivity index (χ1v) is 7.28. The number of carbonyl (C=O) groups is 1. The smallest absolute Gasteiger partial charge is 0.358 e. The van der Waals surface area contributed by atoms with Crippen LogP contribution in [-0.2, 0) is 0 Å². The van der Waals surface area contributed by atoms with Crippen molar-refractivity contribution in [2.24, 2.45) is 10.2 Å². The first-order chi connectivity index (χ1) is 11.5. The van der Waals surface area contributed by atoms with E-state index in [1.54, 1.807) is 29.8 Å². The van der Waals surface area contributed by atoms with E-state index in [-0.39, 0.29) is 11.5 Å². The molecule has 0 unspecified atom stereocenters. The number of carboxylic acids is 1. The van der Waals surface area contributed by atoms with Crippen LogP contribution in [0.25, 0.3) is 5.65 Å². The van der Waals surface area contributed by atoms with Crippen molar-refractivity contribution in [3.63, 3.8) is 0 Å². The van der Waals surface area contributed by atoms with Gasteiger partial charge in [-0.1, -0.05) is 12.1 Å². The molecule has 1 N–H and O–H groups in total. The van der Waals surface area contributed by atoms with Crippen molar-refractivity contribution in [1.29, 1.82) is 0 Å². The normalized spacial score (nSPS) is 11.3. The Labute approximate surface area is 138 Å². The maximum absolute atomic E-state index is 11.5. The number of rotatable bonds is 4. The molecule has 24 heavy (non-hydrogen) atoms. The van der Waals surface area contributed by atoms with Crippen molar-refractivity contribution < 1.29 is 14.6 Å². The maximum Gasteiger partial charge on any atom is 0.358 e. The van der Waals surface area contributed by atoms with Crippen LogP contribution in [0, 0.1) is 13.8 Å². The summed E-state index contributed by atoms with van der Waals surface area (Å²) in [5.41, 5.74) is 2.84. The third-order valence-electron chi connectivity index (χ3n) is 3.53. The van der Waals surface area contributed by atoms with E-state index in [1.807, 2.05) is 32.0 Å². The minimum atomic E-state index is -1.15. The highest BCUT2D eigenvalue weighted by Crippen LogP contribution is 2.31. The zero-order chi connectivity index (χ0) is 17.3. The van der Waals surface area contributed by atoms with Gasteiger partial charge < -0.3 is 9.84 Å². The third-order valence-corrected chi connectivity index (χ3v) is 3.53. The van der Waals surface area contributed by atoms with Crippen LogP contribution in [0.1, 0.15) is 21.6 Å². The van der Waals surface area contributed by atoms with E-state index in [9.17, 15) is 9.90 Å². The summed E-state index contributed by atoms with van der Waals surface area (Å²) in [5, 5.41) is 17.7. The predicted molar refractivity (Wildman–Crippen MR) is 88.8 cm³/mol. The van der Waals surface area contributed by atoms with E-state index in [0.717, 1.165) is 11.1 Å². The van der Waals surface area contributed by atoms with Gasteiger partial charge in [0.15, 0.2) is 11.5 Å². The average Bonchev–Trinajstić information content (AvgIpc) is 2.91. The summed E-state index contributed by atoms with van der Waals surface area (Å²) < 4.78 is 6.88. The predicted octanol–water partition coefficient (Wildman–Crippen LogP) is 4.07. The van der Waals surface area contributed by atoms with Gasteiger partial charge in [0.05, 0.1) is 7.11 Å². The molecular weight excluding hydrogens is 308 g/mol. The molecule has 2 heterocycles. The third kappa shape index (κ3) is 2.83. The second-order valence-corrected chi connectivity index (χ2v) is 5.40. The Kier molecular flexibility index (Phi) is 3.99. The molecule has 0 radical (unpaired) electrons. The molecule has 0 saturated heterocycles. The fourth-order valence-corrected chi connectivity index (χ4v) is 2.36. The molecule has 0 fully saturated rings. The fraction of sp³-hybridized carbons (Fsp3) is 0.176. The van der Waals surface area contributed by atoms with Crippen LogP contribution in [0.15, 0.2) is 46.8 Å². The minimum Gasteiger partial charge on any atom is -0.494 e. The van der Waals surface area contributed by atoms with Gasteiger partial charge in [0.1, 0.15) is 17.1 Å². The summed E-state index contributed by atoms with van der Waals surface area (Å²) in [7, 11) is 1.55. The summed E-state index contributed by atoms with van der Waals surface area (Å²) in [6, 6.07) is 9.11. The SMILES string of the molecule is COc1ccc(C)cc1N=Nc1c(C(=O)O)nc2ccc(C)cn12. The number of hydrogen-bond donors (Lipinski definition) is 1. The number of aromatic nitrogens is 2. The molecule has 0 aliphatic heterocycles. The van der Waals surface area contributed by atoms with Gasteiger partial charge >= 0.3 is 5.97 Å². The van der Waals surface area contributed by atoms with E-state index >= 15 is 0 Å². The van der Waals surface area contributed by atoms with Gasteiger partial charge in [-0.25, -0.2) is 9.78 Å². The molecule has 0 amide bonds. The molecule has 122 valence electrons. The minimum absolute atomic E-state index is 0.143. The summed E-state index contributed by atoms with van der Waals surface area (Å²) >= 11 is 0. The highest BCUT2D eigenvalue weighted by atomic mass is 16.5. The van der Waals surface area contributed by atoms with E-state index in [4.69, 9.17) is 4.74 Å². The molecular formula is C17H16N4O3. The lowest BCUT2D eigenvalue weighted by atomic mass is 10.2. The van der Waals surface area contributed by atoms with Crippen molar-refractivity contribution in [1.82, 2.24) is 9.38 Å². The van der Waals surface area contributed by atoms with Crippen LogP contribution in [-0.4, -0.2) is 27.6 Å². The molecule has 0 atom stereocenters. The summed E-state index contributed by atoms with van der Waals surface area (Å²) in [5.74, 6) is -0.419. The number of azo groups is 1. The van der Waals surface area contributed by atoms with Crippen molar-refractivity contribution in [2.45, 2.75) is 13.8 Å². The molecule has 7 nitrogen and oxygen atoms in total. The number of nitrogens with zero attached hydrogens (tertiary/aromatic N) is 4. The molecule has 0 aliphatic carbocycles. The molecule has 3 rings (SSSR count). The molecule has 2 aromatic heterocycles. The summed E-state index contributed by atoms with van der Waals surface area (Å²) in [4.78, 5) is 15.6. The van der Waals surface area contributed by atoms with Gasteiger partial charge in [-0.3, -0.25) is 4.40 Å². The number of benzene rings is 1. The van der Waals surface area contributed by atoms with Gasteiger partial charge in [0, 0.05) is 6.20 Å². The van der Waals surface area contributed by atoms with Crippen LogP contribution in [0.2, 0.25) is 0 Å². The highest BCUT2D eigenvalue weighted by Gasteiger charge is 2.18. The zero-order valence-electron chi connectivity index (χ0n) is 13.5. The molecule has 3 aromatic rings. The molecule has 7 heteroatoms. The number of aryl methyl sites for hydroxylation is 2. The lowest BCUT2D eigenvalue weighted by Gasteiger charge is -2.04. The standard InChI is InChI=1S/C17H16N4O3/c1-10-4-6-13(24-3)12(8-10)19-20-16-15(17(22)23)18-14-7-5-11(2)9-21(14)16/h4-9H,1-3H3,(H,22,23). The molecule has 0 aliphatic rings. The van der Waals surface area contributed by atoms with E-state index in [1.165, 1.54) is 0 Å². The summed E-state index contributed by atoms with van der Waals surface area (Å²) in [6.07, 6.45) is 1.77. The van der Waals surface area contributed by atoms with Crippen LogP contribution in [0.5, 0.6) is 5.75 Å². The number of pyridine rings is 1. The van der Waals surface area contributed by atoms with Crippen molar-refractivity contribution in [3.05, 3.63) is 53.3 Å². The van der Waals surface area contributed by atoms with Crippen LogP contribution < -0.4 is 4.74 Å². The van der Waals surface area contributed by atoms with Crippen molar-refractivity contribution in [2.75, 3.05) is 7.11 Å². The number of imidazole rings is 1. The monoisotopic (exact) mass is 324 g/mol. The first-order valence-electron chi connectivity index (χ1n) is 7.28. The second-order valence-electron chi connectivity index (χ2n) is 5.40. The number of methoxy groups -OCH3 is 1.